The van der Waals surface area contributed by atoms with E-state index in [2.05, 4.69) is 25.5 Å². The van der Waals surface area contributed by atoms with E-state index in [0.717, 1.165) is 44.6 Å². The van der Waals surface area contributed by atoms with Gasteiger partial charge in [-0.05, 0) is 56.6 Å². The third-order valence-corrected chi connectivity index (χ3v) is 11.8. The molecule has 3 rings (SSSR count). The third-order valence-electron chi connectivity index (χ3n) is 7.78. The number of ether oxygens (including phenoxy) is 2. The van der Waals surface area contributed by atoms with Crippen molar-refractivity contribution >= 4 is 19.5 Å². The van der Waals surface area contributed by atoms with Gasteiger partial charge < -0.3 is 22.7 Å². The Hall–Kier alpha value is -2.82. The SMILES string of the molecule is CCC[Si](CCCCCCCCCCCCOc1ccc2cc(-c3ccccc3OC(F)(F)F)c(=O)oc2c1)(OCC)OCC. The molecule has 0 bridgehead atoms. The topological polar surface area (TPSA) is 67.1 Å². The molecule has 0 saturated carbocycles. The van der Waals surface area contributed by atoms with Crippen LogP contribution in [0.2, 0.25) is 12.1 Å². The van der Waals surface area contributed by atoms with Crippen molar-refractivity contribution in [3.05, 3.63) is 59.0 Å². The summed E-state index contributed by atoms with van der Waals surface area (Å²) in [7, 11) is -2.01. The van der Waals surface area contributed by atoms with Crippen LogP contribution in [0, 0.1) is 0 Å². The minimum atomic E-state index is -4.88. The molecule has 250 valence electrons. The summed E-state index contributed by atoms with van der Waals surface area (Å²) in [6, 6.07) is 14.3. The van der Waals surface area contributed by atoms with E-state index in [9.17, 15) is 18.0 Å². The van der Waals surface area contributed by atoms with E-state index in [0.29, 0.717) is 23.3 Å². The Morgan fingerprint density at radius 3 is 1.98 bits per heavy atom. The predicted molar refractivity (Wildman–Crippen MR) is 175 cm³/mol. The highest BCUT2D eigenvalue weighted by Gasteiger charge is 2.35. The Labute approximate surface area is 266 Å². The number of hydrogen-bond donors (Lipinski definition) is 0. The van der Waals surface area contributed by atoms with E-state index in [-0.39, 0.29) is 11.1 Å². The number of benzene rings is 2. The second-order valence-corrected chi connectivity index (χ2v) is 14.8. The number of para-hydroxylation sites is 1. The fourth-order valence-corrected chi connectivity index (χ4v) is 9.25. The van der Waals surface area contributed by atoms with Gasteiger partial charge in [0, 0.05) is 30.2 Å². The van der Waals surface area contributed by atoms with Gasteiger partial charge >= 0.3 is 20.5 Å². The molecule has 6 nitrogen and oxygen atoms in total. The van der Waals surface area contributed by atoms with Crippen LogP contribution >= 0.6 is 0 Å². The van der Waals surface area contributed by atoms with E-state index in [4.69, 9.17) is 18.0 Å². The maximum Gasteiger partial charge on any atom is 0.573 e. The molecule has 45 heavy (non-hydrogen) atoms. The van der Waals surface area contributed by atoms with Crippen molar-refractivity contribution in [1.29, 1.82) is 0 Å². The van der Waals surface area contributed by atoms with Crippen LogP contribution in [0.4, 0.5) is 13.2 Å². The Bertz CT molecular complexity index is 1330. The molecule has 2 aromatic carbocycles. The maximum absolute atomic E-state index is 12.8. The average molecular weight is 651 g/mol. The summed E-state index contributed by atoms with van der Waals surface area (Å²) < 4.78 is 66.2. The fraction of sp³-hybridized carbons (Fsp3) is 0.571. The summed E-state index contributed by atoms with van der Waals surface area (Å²) in [5, 5.41) is 0.571. The Morgan fingerprint density at radius 1 is 0.733 bits per heavy atom. The van der Waals surface area contributed by atoms with Gasteiger partial charge in [-0.3, -0.25) is 0 Å². The molecule has 0 N–H and O–H groups in total. The lowest BCUT2D eigenvalue weighted by Gasteiger charge is -2.29. The zero-order chi connectivity index (χ0) is 32.5. The molecule has 0 aliphatic heterocycles. The molecule has 0 amide bonds. The summed E-state index contributed by atoms with van der Waals surface area (Å²) in [6.45, 7) is 8.41. The summed E-state index contributed by atoms with van der Waals surface area (Å²) in [5.41, 5.74) is -0.444. The standard InChI is InChI=1S/C35H49F3O6Si/c1-4-24-45(41-5-2,42-6-3)25-18-14-12-10-8-7-9-11-13-17-23-40-29-22-21-28-26-31(34(39)43-33(28)27-29)30-19-15-16-20-32(30)44-35(36,37)38/h15-16,19-22,26-27H,4-14,17-18,23-25H2,1-3H3. The quantitative estimate of drug-likeness (QED) is 0.0612. The first-order chi connectivity index (χ1) is 21.7. The lowest BCUT2D eigenvalue weighted by Crippen LogP contribution is -2.42. The smallest absolute Gasteiger partial charge is 0.493 e. The second-order valence-electron chi connectivity index (χ2n) is 11.4. The van der Waals surface area contributed by atoms with E-state index in [1.165, 1.54) is 81.7 Å². The molecule has 0 spiro atoms. The minimum Gasteiger partial charge on any atom is -0.493 e. The molecule has 0 aliphatic carbocycles. The molecular weight excluding hydrogens is 601 g/mol. The van der Waals surface area contributed by atoms with Gasteiger partial charge in [-0.25, -0.2) is 4.79 Å². The molecule has 1 heterocycles. The van der Waals surface area contributed by atoms with Crippen molar-refractivity contribution in [2.75, 3.05) is 19.8 Å². The summed E-state index contributed by atoms with van der Waals surface area (Å²) in [6.07, 6.45) is 8.19. The first-order valence-corrected chi connectivity index (χ1v) is 18.8. The largest absolute Gasteiger partial charge is 0.573 e. The lowest BCUT2D eigenvalue weighted by atomic mass is 10.0. The number of unbranched alkanes of at least 4 members (excludes halogenated alkanes) is 9. The van der Waals surface area contributed by atoms with E-state index >= 15 is 0 Å². The monoisotopic (exact) mass is 650 g/mol. The minimum absolute atomic E-state index is 0.00833. The highest BCUT2D eigenvalue weighted by atomic mass is 28.4. The molecule has 0 atom stereocenters. The van der Waals surface area contributed by atoms with Crippen LogP contribution in [-0.2, 0) is 8.85 Å². The molecular formula is C35H49F3O6Si. The van der Waals surface area contributed by atoms with Crippen molar-refractivity contribution in [2.24, 2.45) is 0 Å². The molecule has 0 unspecified atom stereocenters. The first-order valence-electron chi connectivity index (χ1n) is 16.5. The zero-order valence-corrected chi connectivity index (χ0v) is 28.0. The predicted octanol–water partition coefficient (Wildman–Crippen LogP) is 10.6. The van der Waals surface area contributed by atoms with Crippen LogP contribution in [0.5, 0.6) is 11.5 Å². The number of alkyl halides is 3. The summed E-state index contributed by atoms with van der Waals surface area (Å²) in [5.74, 6) is 0.120. The first kappa shape index (κ1) is 36.6. The third kappa shape index (κ3) is 12.5. The Morgan fingerprint density at radius 2 is 1.36 bits per heavy atom. The normalized spacial score (nSPS) is 12.1. The number of halogens is 3. The van der Waals surface area contributed by atoms with Crippen molar-refractivity contribution in [2.45, 2.75) is 110 Å². The van der Waals surface area contributed by atoms with Gasteiger partial charge in [-0.1, -0.05) is 89.3 Å². The van der Waals surface area contributed by atoms with Gasteiger partial charge in [0.25, 0.3) is 0 Å². The average Bonchev–Trinajstić information content (AvgIpc) is 2.99. The van der Waals surface area contributed by atoms with Gasteiger partial charge in [-0.15, -0.1) is 13.2 Å². The van der Waals surface area contributed by atoms with Crippen LogP contribution in [0.15, 0.2) is 57.7 Å². The van der Waals surface area contributed by atoms with E-state index < -0.39 is 26.3 Å². The van der Waals surface area contributed by atoms with Crippen molar-refractivity contribution < 1.29 is 35.9 Å². The van der Waals surface area contributed by atoms with Crippen LogP contribution in [0.25, 0.3) is 22.1 Å². The van der Waals surface area contributed by atoms with Gasteiger partial charge in [0.2, 0.25) is 0 Å². The highest BCUT2D eigenvalue weighted by molar-refractivity contribution is 6.67. The molecule has 10 heteroatoms. The Kier molecular flexibility index (Phi) is 15.5. The van der Waals surface area contributed by atoms with Gasteiger partial charge in [0.1, 0.15) is 17.1 Å². The van der Waals surface area contributed by atoms with Gasteiger partial charge in [0.15, 0.2) is 0 Å². The maximum atomic E-state index is 12.8. The molecule has 0 fully saturated rings. The van der Waals surface area contributed by atoms with Crippen molar-refractivity contribution in [3.63, 3.8) is 0 Å². The van der Waals surface area contributed by atoms with E-state index in [1.807, 2.05) is 0 Å². The fourth-order valence-electron chi connectivity index (χ4n) is 5.73. The van der Waals surface area contributed by atoms with Crippen molar-refractivity contribution in [3.8, 4) is 22.6 Å². The van der Waals surface area contributed by atoms with E-state index in [1.54, 1.807) is 18.2 Å². The van der Waals surface area contributed by atoms with Crippen LogP contribution < -0.4 is 15.1 Å². The van der Waals surface area contributed by atoms with Crippen LogP contribution in [0.1, 0.15) is 91.4 Å². The van der Waals surface area contributed by atoms with Crippen molar-refractivity contribution in [1.82, 2.24) is 0 Å². The van der Waals surface area contributed by atoms with Gasteiger partial charge in [0.05, 0.1) is 12.2 Å². The number of rotatable bonds is 22. The summed E-state index contributed by atoms with van der Waals surface area (Å²) in [4.78, 5) is 12.7. The zero-order valence-electron chi connectivity index (χ0n) is 27.0. The number of hydrogen-bond acceptors (Lipinski definition) is 6. The molecule has 0 radical (unpaired) electrons. The molecule has 1 aromatic heterocycles. The molecule has 3 aromatic rings. The van der Waals surface area contributed by atoms with Crippen LogP contribution in [-0.4, -0.2) is 34.7 Å². The Balaban J connectivity index is 1.33. The van der Waals surface area contributed by atoms with Crippen LogP contribution in [0.3, 0.4) is 0 Å². The molecule has 0 aliphatic rings. The highest BCUT2D eigenvalue weighted by Crippen LogP contribution is 2.34. The molecule has 0 saturated heterocycles. The van der Waals surface area contributed by atoms with Gasteiger partial charge in [-0.2, -0.15) is 0 Å². The summed E-state index contributed by atoms with van der Waals surface area (Å²) >= 11 is 0. The lowest BCUT2D eigenvalue weighted by molar-refractivity contribution is -0.274. The second kappa shape index (κ2) is 19.0. The number of fused-ring (bicyclic) bond motifs is 1.